The van der Waals surface area contributed by atoms with Gasteiger partial charge in [-0.2, -0.15) is 0 Å². The Kier molecular flexibility index (Phi) is 6.26. The molecule has 2 nitrogen and oxygen atoms in total. The second kappa shape index (κ2) is 7.24. The minimum atomic E-state index is -0.106. The topological polar surface area (TPSA) is 29.5 Å². The second-order valence-corrected chi connectivity index (χ2v) is 4.84. The van der Waals surface area contributed by atoms with Crippen LogP contribution in [0, 0.1) is 5.92 Å². The molecule has 1 aliphatic carbocycles. The smallest absolute Gasteiger partial charge is 0.0600 e. The summed E-state index contributed by atoms with van der Waals surface area (Å²) < 4.78 is 5.86. The molecule has 0 aliphatic heterocycles. The lowest BCUT2D eigenvalue weighted by Gasteiger charge is -2.18. The number of unbranched alkanes of at least 4 members (excludes halogenated alkanes) is 1. The number of aliphatic hydroxyl groups is 1. The van der Waals surface area contributed by atoms with Gasteiger partial charge in [-0.1, -0.05) is 33.1 Å². The molecule has 0 aromatic heterocycles. The molecule has 1 N–H and O–H groups in total. The van der Waals surface area contributed by atoms with Gasteiger partial charge >= 0.3 is 0 Å². The van der Waals surface area contributed by atoms with Crippen molar-refractivity contribution in [1.82, 2.24) is 0 Å². The van der Waals surface area contributed by atoms with Crippen molar-refractivity contribution in [3.05, 3.63) is 0 Å². The first-order chi connectivity index (χ1) is 7.26. The fourth-order valence-electron chi connectivity index (χ4n) is 2.24. The van der Waals surface area contributed by atoms with Crippen molar-refractivity contribution in [2.24, 2.45) is 5.92 Å². The van der Waals surface area contributed by atoms with E-state index in [2.05, 4.69) is 13.8 Å². The summed E-state index contributed by atoms with van der Waals surface area (Å²) in [6, 6.07) is 0. The molecule has 1 fully saturated rings. The van der Waals surface area contributed by atoms with E-state index >= 15 is 0 Å². The molecule has 90 valence electrons. The quantitative estimate of drug-likeness (QED) is 0.705. The zero-order valence-corrected chi connectivity index (χ0v) is 10.2. The molecule has 0 saturated heterocycles. The molecule has 0 bridgehead atoms. The SMILES string of the molecule is CCCCC(CC)COC1CCC(O)C1. The second-order valence-electron chi connectivity index (χ2n) is 4.84. The van der Waals surface area contributed by atoms with E-state index in [1.807, 2.05) is 0 Å². The first-order valence-electron chi connectivity index (χ1n) is 6.55. The van der Waals surface area contributed by atoms with Crippen molar-refractivity contribution in [2.45, 2.75) is 71.0 Å². The number of hydrogen-bond donors (Lipinski definition) is 1. The normalized spacial score (nSPS) is 28.2. The van der Waals surface area contributed by atoms with Gasteiger partial charge in [0.1, 0.15) is 0 Å². The average Bonchev–Trinajstić information content (AvgIpc) is 2.65. The minimum Gasteiger partial charge on any atom is -0.393 e. The van der Waals surface area contributed by atoms with Crippen LogP contribution in [0.4, 0.5) is 0 Å². The molecule has 0 radical (unpaired) electrons. The van der Waals surface area contributed by atoms with Crippen LogP contribution in [-0.4, -0.2) is 23.9 Å². The molecule has 0 aromatic carbocycles. The van der Waals surface area contributed by atoms with Gasteiger partial charge in [0.15, 0.2) is 0 Å². The highest BCUT2D eigenvalue weighted by molar-refractivity contribution is 4.75. The van der Waals surface area contributed by atoms with Crippen LogP contribution in [0.15, 0.2) is 0 Å². The van der Waals surface area contributed by atoms with Gasteiger partial charge in [0.2, 0.25) is 0 Å². The number of hydrogen-bond acceptors (Lipinski definition) is 2. The van der Waals surface area contributed by atoms with E-state index in [0.29, 0.717) is 6.10 Å². The first kappa shape index (κ1) is 13.0. The molecule has 1 aliphatic rings. The summed E-state index contributed by atoms with van der Waals surface area (Å²) in [4.78, 5) is 0. The van der Waals surface area contributed by atoms with Gasteiger partial charge in [-0.15, -0.1) is 0 Å². The fraction of sp³-hybridized carbons (Fsp3) is 1.00. The van der Waals surface area contributed by atoms with E-state index in [1.165, 1.54) is 25.7 Å². The van der Waals surface area contributed by atoms with Gasteiger partial charge in [0.25, 0.3) is 0 Å². The summed E-state index contributed by atoms with van der Waals surface area (Å²) >= 11 is 0. The molecule has 0 heterocycles. The molecule has 0 amide bonds. The zero-order valence-electron chi connectivity index (χ0n) is 10.2. The third kappa shape index (κ3) is 4.98. The Balaban J connectivity index is 2.10. The van der Waals surface area contributed by atoms with Crippen LogP contribution in [-0.2, 0) is 4.74 Å². The van der Waals surface area contributed by atoms with E-state index in [9.17, 15) is 5.11 Å². The molecular formula is C13H26O2. The molecule has 1 saturated carbocycles. The standard InChI is InChI=1S/C13H26O2/c1-3-5-6-11(4-2)10-15-13-8-7-12(14)9-13/h11-14H,3-10H2,1-2H3. The van der Waals surface area contributed by atoms with Gasteiger partial charge in [0, 0.05) is 6.61 Å². The molecule has 3 unspecified atom stereocenters. The Morgan fingerprint density at radius 2 is 2.13 bits per heavy atom. The van der Waals surface area contributed by atoms with Crippen molar-refractivity contribution < 1.29 is 9.84 Å². The Morgan fingerprint density at radius 3 is 2.67 bits per heavy atom. The molecular weight excluding hydrogens is 188 g/mol. The maximum absolute atomic E-state index is 9.38. The third-order valence-electron chi connectivity index (χ3n) is 3.47. The summed E-state index contributed by atoms with van der Waals surface area (Å²) in [5.41, 5.74) is 0. The summed E-state index contributed by atoms with van der Waals surface area (Å²) in [6.07, 6.45) is 8.15. The summed E-state index contributed by atoms with van der Waals surface area (Å²) in [5.74, 6) is 0.725. The Hall–Kier alpha value is -0.0800. The maximum atomic E-state index is 9.38. The largest absolute Gasteiger partial charge is 0.393 e. The molecule has 3 atom stereocenters. The molecule has 0 spiro atoms. The lowest BCUT2D eigenvalue weighted by Crippen LogP contribution is -2.16. The van der Waals surface area contributed by atoms with Crippen LogP contribution in [0.2, 0.25) is 0 Å². The third-order valence-corrected chi connectivity index (χ3v) is 3.47. The summed E-state index contributed by atoms with van der Waals surface area (Å²) in [6.45, 7) is 5.38. The van der Waals surface area contributed by atoms with Gasteiger partial charge in [-0.3, -0.25) is 0 Å². The van der Waals surface area contributed by atoms with Crippen molar-refractivity contribution in [1.29, 1.82) is 0 Å². The van der Waals surface area contributed by atoms with Crippen molar-refractivity contribution in [3.63, 3.8) is 0 Å². The lowest BCUT2D eigenvalue weighted by molar-refractivity contribution is 0.0222. The lowest BCUT2D eigenvalue weighted by atomic mass is 10.0. The predicted octanol–water partition coefficient (Wildman–Crippen LogP) is 3.13. The van der Waals surface area contributed by atoms with E-state index < -0.39 is 0 Å². The summed E-state index contributed by atoms with van der Waals surface area (Å²) in [5, 5.41) is 9.38. The van der Waals surface area contributed by atoms with Crippen LogP contribution in [0.5, 0.6) is 0 Å². The van der Waals surface area contributed by atoms with E-state index in [1.54, 1.807) is 0 Å². The molecule has 2 heteroatoms. The van der Waals surface area contributed by atoms with Crippen molar-refractivity contribution in [2.75, 3.05) is 6.61 Å². The van der Waals surface area contributed by atoms with Gasteiger partial charge < -0.3 is 9.84 Å². The number of rotatable bonds is 7. The van der Waals surface area contributed by atoms with Crippen LogP contribution < -0.4 is 0 Å². The van der Waals surface area contributed by atoms with Crippen LogP contribution in [0.1, 0.15) is 58.8 Å². The molecule has 15 heavy (non-hydrogen) atoms. The predicted molar refractivity (Wildman–Crippen MR) is 62.9 cm³/mol. The average molecular weight is 214 g/mol. The molecule has 1 rings (SSSR count). The Bertz CT molecular complexity index is 159. The highest BCUT2D eigenvalue weighted by atomic mass is 16.5. The van der Waals surface area contributed by atoms with Crippen LogP contribution in [0.3, 0.4) is 0 Å². The summed E-state index contributed by atoms with van der Waals surface area (Å²) in [7, 11) is 0. The van der Waals surface area contributed by atoms with Crippen LogP contribution in [0.25, 0.3) is 0 Å². The van der Waals surface area contributed by atoms with Gasteiger partial charge in [0.05, 0.1) is 12.2 Å². The van der Waals surface area contributed by atoms with Crippen LogP contribution >= 0.6 is 0 Å². The zero-order chi connectivity index (χ0) is 11.1. The van der Waals surface area contributed by atoms with Gasteiger partial charge in [-0.25, -0.2) is 0 Å². The van der Waals surface area contributed by atoms with Crippen molar-refractivity contribution >= 4 is 0 Å². The van der Waals surface area contributed by atoms with Crippen molar-refractivity contribution in [3.8, 4) is 0 Å². The highest BCUT2D eigenvalue weighted by Gasteiger charge is 2.23. The number of aliphatic hydroxyl groups excluding tert-OH is 1. The minimum absolute atomic E-state index is 0.106. The first-order valence-corrected chi connectivity index (χ1v) is 6.55. The maximum Gasteiger partial charge on any atom is 0.0600 e. The Labute approximate surface area is 94.0 Å². The highest BCUT2D eigenvalue weighted by Crippen LogP contribution is 2.23. The monoisotopic (exact) mass is 214 g/mol. The number of ether oxygens (including phenoxy) is 1. The van der Waals surface area contributed by atoms with E-state index in [-0.39, 0.29) is 6.10 Å². The molecule has 0 aromatic rings. The van der Waals surface area contributed by atoms with E-state index in [0.717, 1.165) is 31.8 Å². The fourth-order valence-corrected chi connectivity index (χ4v) is 2.24. The van der Waals surface area contributed by atoms with Gasteiger partial charge in [-0.05, 0) is 31.6 Å². The Morgan fingerprint density at radius 1 is 1.33 bits per heavy atom. The van der Waals surface area contributed by atoms with E-state index in [4.69, 9.17) is 4.74 Å².